The molecule has 1 aromatic carbocycles. The van der Waals surface area contributed by atoms with Crippen molar-refractivity contribution in [3.63, 3.8) is 0 Å². The van der Waals surface area contributed by atoms with Gasteiger partial charge >= 0.3 is 0 Å². The summed E-state index contributed by atoms with van der Waals surface area (Å²) >= 11 is 6.05. The molecule has 1 N–H and O–H groups in total. The van der Waals surface area contributed by atoms with Crippen molar-refractivity contribution >= 4 is 11.6 Å². The Kier molecular flexibility index (Phi) is 5.47. The van der Waals surface area contributed by atoms with Crippen LogP contribution >= 0.6 is 11.6 Å². The van der Waals surface area contributed by atoms with Crippen molar-refractivity contribution in [1.29, 1.82) is 0 Å². The van der Waals surface area contributed by atoms with E-state index in [1.54, 1.807) is 0 Å². The monoisotopic (exact) mass is 361 g/mol. The molecule has 1 aromatic heterocycles. The summed E-state index contributed by atoms with van der Waals surface area (Å²) in [4.78, 5) is 16.5. The van der Waals surface area contributed by atoms with Gasteiger partial charge in [-0.15, -0.1) is 0 Å². The van der Waals surface area contributed by atoms with Crippen LogP contribution < -0.4 is 5.43 Å². The fourth-order valence-electron chi connectivity index (χ4n) is 3.26. The lowest BCUT2D eigenvalue weighted by molar-refractivity contribution is 0.119. The molecular formula is C19H24ClN3O2. The molecule has 0 saturated carbocycles. The van der Waals surface area contributed by atoms with E-state index < -0.39 is 0 Å². The van der Waals surface area contributed by atoms with Gasteiger partial charge in [-0.3, -0.25) is 14.6 Å². The average molecular weight is 362 g/mol. The van der Waals surface area contributed by atoms with Gasteiger partial charge in [0.05, 0.1) is 5.69 Å². The van der Waals surface area contributed by atoms with Crippen LogP contribution in [0.2, 0.25) is 5.02 Å². The first-order chi connectivity index (χ1) is 11.9. The highest BCUT2D eigenvalue weighted by Crippen LogP contribution is 2.18. The van der Waals surface area contributed by atoms with Gasteiger partial charge in [-0.25, -0.2) is 0 Å². The average Bonchev–Trinajstić information content (AvgIpc) is 2.58. The highest BCUT2D eigenvalue weighted by atomic mass is 35.5. The summed E-state index contributed by atoms with van der Waals surface area (Å²) in [5, 5.41) is 10.9. The number of aromatic hydroxyl groups is 1. The quantitative estimate of drug-likeness (QED) is 0.908. The standard InChI is InChI=1S/C19H24ClN3O2/c1-14-10-18(24)19(25)17(21(14)2)13-23-8-6-22(7-9-23)12-15-4-3-5-16(20)11-15/h3-5,10-11,25H,6-9,12-13H2,1-2H3. The third kappa shape index (κ3) is 4.24. The molecule has 0 unspecified atom stereocenters. The Labute approximate surface area is 153 Å². The summed E-state index contributed by atoms with van der Waals surface area (Å²) in [6, 6.07) is 9.45. The maximum absolute atomic E-state index is 11.8. The van der Waals surface area contributed by atoms with Crippen molar-refractivity contribution in [2.45, 2.75) is 20.0 Å². The van der Waals surface area contributed by atoms with Crippen LogP contribution in [-0.4, -0.2) is 45.7 Å². The Morgan fingerprint density at radius 3 is 2.36 bits per heavy atom. The SMILES string of the molecule is Cc1cc(=O)c(O)c(CN2CCN(Cc3cccc(Cl)c3)CC2)n1C. The van der Waals surface area contributed by atoms with Crippen molar-refractivity contribution in [3.05, 3.63) is 62.5 Å². The number of nitrogens with zero attached hydrogens (tertiary/aromatic N) is 3. The topological polar surface area (TPSA) is 48.7 Å². The molecule has 134 valence electrons. The largest absolute Gasteiger partial charge is 0.503 e. The lowest BCUT2D eigenvalue weighted by Gasteiger charge is -2.35. The Bertz CT molecular complexity index is 811. The number of halogens is 1. The van der Waals surface area contributed by atoms with E-state index in [1.807, 2.05) is 36.7 Å². The van der Waals surface area contributed by atoms with Gasteiger partial charge in [-0.2, -0.15) is 0 Å². The normalized spacial score (nSPS) is 16.3. The third-order valence-corrected chi connectivity index (χ3v) is 5.15. The van der Waals surface area contributed by atoms with E-state index in [1.165, 1.54) is 11.6 Å². The van der Waals surface area contributed by atoms with E-state index in [4.69, 9.17) is 11.6 Å². The summed E-state index contributed by atoms with van der Waals surface area (Å²) < 4.78 is 1.90. The zero-order chi connectivity index (χ0) is 18.0. The molecule has 0 spiro atoms. The van der Waals surface area contributed by atoms with Crippen LogP contribution in [0.15, 0.2) is 35.1 Å². The molecule has 1 aliphatic heterocycles. The lowest BCUT2D eigenvalue weighted by Crippen LogP contribution is -2.45. The van der Waals surface area contributed by atoms with Gasteiger partial charge < -0.3 is 9.67 Å². The molecule has 1 saturated heterocycles. The number of benzene rings is 1. The Balaban J connectivity index is 1.61. The molecule has 1 fully saturated rings. The highest BCUT2D eigenvalue weighted by molar-refractivity contribution is 6.30. The minimum Gasteiger partial charge on any atom is -0.503 e. The maximum atomic E-state index is 11.8. The van der Waals surface area contributed by atoms with Crippen molar-refractivity contribution in [2.75, 3.05) is 26.2 Å². The van der Waals surface area contributed by atoms with Crippen LogP contribution in [0.4, 0.5) is 0 Å². The van der Waals surface area contributed by atoms with Crippen LogP contribution in [0, 0.1) is 6.92 Å². The second-order valence-electron chi connectivity index (χ2n) is 6.69. The molecule has 1 aliphatic rings. The Morgan fingerprint density at radius 2 is 1.72 bits per heavy atom. The molecule has 3 rings (SSSR count). The van der Waals surface area contributed by atoms with Gasteiger partial charge in [0, 0.05) is 63.1 Å². The molecule has 2 heterocycles. The number of pyridine rings is 1. The van der Waals surface area contributed by atoms with E-state index in [2.05, 4.69) is 15.9 Å². The fourth-order valence-corrected chi connectivity index (χ4v) is 3.47. The summed E-state index contributed by atoms with van der Waals surface area (Å²) in [5.41, 5.74) is 2.47. The van der Waals surface area contributed by atoms with Gasteiger partial charge in [0.1, 0.15) is 0 Å². The van der Waals surface area contributed by atoms with E-state index >= 15 is 0 Å². The molecule has 2 aromatic rings. The summed E-state index contributed by atoms with van der Waals surface area (Å²) in [5.74, 6) is -0.130. The first-order valence-corrected chi connectivity index (χ1v) is 8.89. The van der Waals surface area contributed by atoms with Crippen molar-refractivity contribution in [1.82, 2.24) is 14.4 Å². The Morgan fingerprint density at radius 1 is 1.08 bits per heavy atom. The zero-order valence-electron chi connectivity index (χ0n) is 14.7. The van der Waals surface area contributed by atoms with E-state index in [0.717, 1.165) is 43.4 Å². The summed E-state index contributed by atoms with van der Waals surface area (Å²) in [6.45, 7) is 7.07. The van der Waals surface area contributed by atoms with Gasteiger partial charge in [0.15, 0.2) is 5.75 Å². The van der Waals surface area contributed by atoms with Gasteiger partial charge in [-0.05, 0) is 24.6 Å². The van der Waals surface area contributed by atoms with Crippen LogP contribution in [0.5, 0.6) is 5.75 Å². The number of piperazine rings is 1. The molecular weight excluding hydrogens is 338 g/mol. The highest BCUT2D eigenvalue weighted by Gasteiger charge is 2.20. The number of hydrogen-bond acceptors (Lipinski definition) is 4. The molecule has 0 aliphatic carbocycles. The lowest BCUT2D eigenvalue weighted by atomic mass is 10.2. The van der Waals surface area contributed by atoms with Gasteiger partial charge in [0.25, 0.3) is 0 Å². The fraction of sp³-hybridized carbons (Fsp3) is 0.421. The Hall–Kier alpha value is -1.82. The number of rotatable bonds is 4. The van der Waals surface area contributed by atoms with Gasteiger partial charge in [0.2, 0.25) is 5.43 Å². The molecule has 0 bridgehead atoms. The summed E-state index contributed by atoms with van der Waals surface area (Å²) in [6.07, 6.45) is 0. The first kappa shape index (κ1) is 18.0. The molecule has 0 amide bonds. The third-order valence-electron chi connectivity index (χ3n) is 4.91. The number of hydrogen-bond donors (Lipinski definition) is 1. The predicted molar refractivity (Wildman–Crippen MR) is 100 cm³/mol. The van der Waals surface area contributed by atoms with Crippen molar-refractivity contribution < 1.29 is 5.11 Å². The van der Waals surface area contributed by atoms with Crippen molar-refractivity contribution in [3.8, 4) is 5.75 Å². The number of aryl methyl sites for hydroxylation is 1. The molecule has 0 radical (unpaired) electrons. The second-order valence-corrected chi connectivity index (χ2v) is 7.12. The minimum absolute atomic E-state index is 0.130. The predicted octanol–water partition coefficient (Wildman–Crippen LogP) is 2.37. The van der Waals surface area contributed by atoms with E-state index in [9.17, 15) is 9.90 Å². The van der Waals surface area contributed by atoms with Crippen LogP contribution in [0.3, 0.4) is 0 Å². The molecule has 6 heteroatoms. The number of aromatic nitrogens is 1. The molecule has 0 atom stereocenters. The van der Waals surface area contributed by atoms with Crippen LogP contribution in [0.25, 0.3) is 0 Å². The second kappa shape index (κ2) is 7.60. The first-order valence-electron chi connectivity index (χ1n) is 8.51. The van der Waals surface area contributed by atoms with Gasteiger partial charge in [-0.1, -0.05) is 23.7 Å². The molecule has 5 nitrogen and oxygen atoms in total. The van der Waals surface area contributed by atoms with Crippen LogP contribution in [0.1, 0.15) is 17.0 Å². The van der Waals surface area contributed by atoms with E-state index in [0.29, 0.717) is 12.2 Å². The van der Waals surface area contributed by atoms with Crippen LogP contribution in [-0.2, 0) is 20.1 Å². The van der Waals surface area contributed by atoms with E-state index in [-0.39, 0.29) is 11.2 Å². The molecule has 25 heavy (non-hydrogen) atoms. The maximum Gasteiger partial charge on any atom is 0.223 e. The van der Waals surface area contributed by atoms with Crippen molar-refractivity contribution in [2.24, 2.45) is 7.05 Å². The minimum atomic E-state index is -0.301. The summed E-state index contributed by atoms with van der Waals surface area (Å²) in [7, 11) is 1.89. The zero-order valence-corrected chi connectivity index (χ0v) is 15.5. The smallest absolute Gasteiger partial charge is 0.223 e.